The summed E-state index contributed by atoms with van der Waals surface area (Å²) in [6.45, 7) is 6.42. The lowest BCUT2D eigenvalue weighted by molar-refractivity contribution is -0.0545. The van der Waals surface area contributed by atoms with Gasteiger partial charge in [-0.25, -0.2) is 5.84 Å². The van der Waals surface area contributed by atoms with E-state index in [0.717, 1.165) is 18.9 Å². The first-order chi connectivity index (χ1) is 8.60. The number of carbonyl (C=O) groups is 1. The van der Waals surface area contributed by atoms with Crippen LogP contribution in [0, 0.1) is 0 Å². The normalized spacial score (nSPS) is 25.1. The van der Waals surface area contributed by atoms with Gasteiger partial charge in [0.05, 0.1) is 24.8 Å². The molecule has 2 unspecified atom stereocenters. The average Bonchev–Trinajstić information content (AvgIpc) is 2.81. The van der Waals surface area contributed by atoms with Gasteiger partial charge in [-0.2, -0.15) is 0 Å². The molecule has 18 heavy (non-hydrogen) atoms. The summed E-state index contributed by atoms with van der Waals surface area (Å²) >= 11 is 0. The zero-order valence-electron chi connectivity index (χ0n) is 10.7. The van der Waals surface area contributed by atoms with E-state index >= 15 is 0 Å². The first-order valence-electron chi connectivity index (χ1n) is 6.04. The van der Waals surface area contributed by atoms with Gasteiger partial charge in [0.2, 0.25) is 0 Å². The van der Waals surface area contributed by atoms with E-state index in [1.165, 1.54) is 6.26 Å². The highest BCUT2D eigenvalue weighted by Gasteiger charge is 2.24. The molecule has 1 amide bonds. The molecule has 0 saturated carbocycles. The molecule has 1 aromatic rings. The minimum atomic E-state index is -0.339. The third-order valence-corrected chi connectivity index (χ3v) is 3.14. The molecule has 2 atom stereocenters. The minimum Gasteiger partial charge on any atom is -0.467 e. The van der Waals surface area contributed by atoms with Gasteiger partial charge in [0.1, 0.15) is 12.0 Å². The maximum Gasteiger partial charge on any atom is 0.268 e. The maximum absolute atomic E-state index is 11.3. The lowest BCUT2D eigenvalue weighted by Crippen LogP contribution is -2.46. The fourth-order valence-electron chi connectivity index (χ4n) is 2.06. The molecule has 2 rings (SSSR count). The smallest absolute Gasteiger partial charge is 0.268 e. The molecule has 1 saturated heterocycles. The molecule has 100 valence electrons. The average molecular weight is 253 g/mol. The van der Waals surface area contributed by atoms with Crippen LogP contribution in [0.2, 0.25) is 0 Å². The van der Waals surface area contributed by atoms with Crippen molar-refractivity contribution in [2.45, 2.75) is 32.5 Å². The van der Waals surface area contributed by atoms with Crippen molar-refractivity contribution in [2.75, 3.05) is 13.2 Å². The Morgan fingerprint density at radius 2 is 2.39 bits per heavy atom. The molecule has 6 heteroatoms. The SMILES string of the molecule is CC1CN(Cc2cc(C(=O)NN)co2)C(C)CO1. The van der Waals surface area contributed by atoms with Crippen LogP contribution >= 0.6 is 0 Å². The highest BCUT2D eigenvalue weighted by atomic mass is 16.5. The fourth-order valence-corrected chi connectivity index (χ4v) is 2.06. The standard InChI is InChI=1S/C12H19N3O3/c1-8-6-17-9(2)4-15(8)5-11-3-10(7-18-11)12(16)14-13/h3,7-9H,4-6,13H2,1-2H3,(H,14,16). The second-order valence-corrected chi connectivity index (χ2v) is 4.70. The van der Waals surface area contributed by atoms with E-state index in [4.69, 9.17) is 15.0 Å². The summed E-state index contributed by atoms with van der Waals surface area (Å²) in [4.78, 5) is 13.6. The van der Waals surface area contributed by atoms with E-state index in [2.05, 4.69) is 17.2 Å². The summed E-state index contributed by atoms with van der Waals surface area (Å²) in [5.74, 6) is 5.49. The van der Waals surface area contributed by atoms with Crippen LogP contribution in [-0.2, 0) is 11.3 Å². The second-order valence-electron chi connectivity index (χ2n) is 4.70. The largest absolute Gasteiger partial charge is 0.467 e. The Bertz CT molecular complexity index is 418. The summed E-state index contributed by atoms with van der Waals surface area (Å²) in [7, 11) is 0. The second kappa shape index (κ2) is 5.51. The molecule has 0 bridgehead atoms. The number of nitrogens with two attached hydrogens (primary N) is 1. The van der Waals surface area contributed by atoms with Gasteiger partial charge in [0, 0.05) is 12.6 Å². The van der Waals surface area contributed by atoms with Crippen LogP contribution in [0.25, 0.3) is 0 Å². The van der Waals surface area contributed by atoms with Crippen LogP contribution in [0.1, 0.15) is 30.0 Å². The Hall–Kier alpha value is -1.37. The Morgan fingerprint density at radius 3 is 3.11 bits per heavy atom. The fraction of sp³-hybridized carbons (Fsp3) is 0.583. The number of nitrogens with one attached hydrogen (secondary N) is 1. The topological polar surface area (TPSA) is 80.7 Å². The molecule has 6 nitrogen and oxygen atoms in total. The van der Waals surface area contributed by atoms with Crippen molar-refractivity contribution in [1.29, 1.82) is 0 Å². The third kappa shape index (κ3) is 2.90. The molecule has 1 aliphatic heterocycles. The van der Waals surface area contributed by atoms with Crippen LogP contribution in [-0.4, -0.2) is 36.1 Å². The van der Waals surface area contributed by atoms with Crippen LogP contribution in [0.3, 0.4) is 0 Å². The third-order valence-electron chi connectivity index (χ3n) is 3.14. The van der Waals surface area contributed by atoms with Gasteiger partial charge in [0.25, 0.3) is 5.91 Å². The Morgan fingerprint density at radius 1 is 1.61 bits per heavy atom. The van der Waals surface area contributed by atoms with Crippen molar-refractivity contribution >= 4 is 5.91 Å². The maximum atomic E-state index is 11.3. The first-order valence-corrected chi connectivity index (χ1v) is 6.04. The Balaban J connectivity index is 2.00. The van der Waals surface area contributed by atoms with E-state index < -0.39 is 0 Å². The van der Waals surface area contributed by atoms with Gasteiger partial charge >= 0.3 is 0 Å². The van der Waals surface area contributed by atoms with E-state index in [1.807, 2.05) is 6.92 Å². The van der Waals surface area contributed by atoms with Gasteiger partial charge in [0.15, 0.2) is 0 Å². The molecular formula is C12H19N3O3. The van der Waals surface area contributed by atoms with E-state index in [9.17, 15) is 4.79 Å². The summed E-state index contributed by atoms with van der Waals surface area (Å²) in [6.07, 6.45) is 1.65. The van der Waals surface area contributed by atoms with Crippen LogP contribution in [0.5, 0.6) is 0 Å². The predicted molar refractivity (Wildman–Crippen MR) is 65.6 cm³/mol. The predicted octanol–water partition coefficient (Wildman–Crippen LogP) is 0.492. The number of carbonyl (C=O) groups excluding carboxylic acids is 1. The van der Waals surface area contributed by atoms with Crippen LogP contribution in [0.15, 0.2) is 16.7 Å². The van der Waals surface area contributed by atoms with Crippen LogP contribution < -0.4 is 11.3 Å². The zero-order chi connectivity index (χ0) is 13.1. The van der Waals surface area contributed by atoms with Crippen molar-refractivity contribution < 1.29 is 13.9 Å². The van der Waals surface area contributed by atoms with E-state index in [1.54, 1.807) is 6.07 Å². The summed E-state index contributed by atoms with van der Waals surface area (Å²) in [5, 5.41) is 0. The number of hydrogen-bond donors (Lipinski definition) is 2. The molecule has 0 spiro atoms. The van der Waals surface area contributed by atoms with Crippen molar-refractivity contribution in [3.63, 3.8) is 0 Å². The molecule has 0 aromatic carbocycles. The molecule has 1 aromatic heterocycles. The number of nitrogens with zero attached hydrogens (tertiary/aromatic N) is 1. The molecule has 1 aliphatic rings. The van der Waals surface area contributed by atoms with Crippen molar-refractivity contribution in [3.8, 4) is 0 Å². The van der Waals surface area contributed by atoms with Crippen molar-refractivity contribution in [3.05, 3.63) is 23.7 Å². The van der Waals surface area contributed by atoms with E-state index in [-0.39, 0.29) is 12.0 Å². The highest BCUT2D eigenvalue weighted by molar-refractivity contribution is 5.93. The summed E-state index contributed by atoms with van der Waals surface area (Å²) in [6, 6.07) is 2.06. The monoisotopic (exact) mass is 253 g/mol. The van der Waals surface area contributed by atoms with Crippen LogP contribution in [0.4, 0.5) is 0 Å². The molecule has 0 radical (unpaired) electrons. The summed E-state index contributed by atoms with van der Waals surface area (Å²) < 4.78 is 10.9. The molecule has 2 heterocycles. The highest BCUT2D eigenvalue weighted by Crippen LogP contribution is 2.17. The van der Waals surface area contributed by atoms with E-state index in [0.29, 0.717) is 18.2 Å². The minimum absolute atomic E-state index is 0.225. The number of ether oxygens (including phenoxy) is 1. The quantitative estimate of drug-likeness (QED) is 0.465. The molecule has 1 fully saturated rings. The number of hydrogen-bond acceptors (Lipinski definition) is 5. The first kappa shape index (κ1) is 13.1. The molecule has 3 N–H and O–H groups in total. The number of furan rings is 1. The van der Waals surface area contributed by atoms with Gasteiger partial charge in [-0.3, -0.25) is 15.1 Å². The number of rotatable bonds is 3. The number of morpholine rings is 1. The lowest BCUT2D eigenvalue weighted by Gasteiger charge is -2.36. The Labute approximate surface area is 106 Å². The number of amides is 1. The molecular weight excluding hydrogens is 234 g/mol. The number of hydrazine groups is 1. The summed E-state index contributed by atoms with van der Waals surface area (Å²) in [5.41, 5.74) is 2.53. The van der Waals surface area contributed by atoms with Gasteiger partial charge in [-0.15, -0.1) is 0 Å². The Kier molecular flexibility index (Phi) is 4.00. The molecule has 0 aliphatic carbocycles. The lowest BCUT2D eigenvalue weighted by atomic mass is 10.2. The number of nitrogen functional groups attached to an aromatic ring is 1. The van der Waals surface area contributed by atoms with Gasteiger partial charge in [-0.05, 0) is 19.9 Å². The zero-order valence-corrected chi connectivity index (χ0v) is 10.7. The van der Waals surface area contributed by atoms with Gasteiger partial charge < -0.3 is 9.15 Å². The van der Waals surface area contributed by atoms with Crippen molar-refractivity contribution in [2.24, 2.45) is 5.84 Å². The van der Waals surface area contributed by atoms with Gasteiger partial charge in [-0.1, -0.05) is 0 Å². The van der Waals surface area contributed by atoms with Crippen molar-refractivity contribution in [1.82, 2.24) is 10.3 Å².